The summed E-state index contributed by atoms with van der Waals surface area (Å²) in [5.74, 6) is -0.743. The lowest BCUT2D eigenvalue weighted by Crippen LogP contribution is -2.37. The van der Waals surface area contributed by atoms with Gasteiger partial charge in [0.25, 0.3) is 5.91 Å². The van der Waals surface area contributed by atoms with Gasteiger partial charge in [-0.05, 0) is 36.8 Å². The molecule has 1 saturated heterocycles. The van der Waals surface area contributed by atoms with Crippen LogP contribution in [0.3, 0.4) is 0 Å². The van der Waals surface area contributed by atoms with Gasteiger partial charge in [-0.25, -0.2) is 12.8 Å². The normalized spacial score (nSPS) is 16.4. The number of hydrogen-bond donors (Lipinski definition) is 0. The molecule has 0 N–H and O–H groups in total. The Kier molecular flexibility index (Phi) is 5.15. The first-order chi connectivity index (χ1) is 12.0. The summed E-state index contributed by atoms with van der Waals surface area (Å²) >= 11 is 0. The number of rotatable bonds is 3. The second kappa shape index (κ2) is 7.33. The quantitative estimate of drug-likeness (QED) is 0.842. The first-order valence-electron chi connectivity index (χ1n) is 8.08. The van der Waals surface area contributed by atoms with Crippen LogP contribution in [-0.2, 0) is 10.0 Å². The molecule has 1 aliphatic heterocycles. The molecule has 1 amide bonds. The van der Waals surface area contributed by atoms with Crippen molar-refractivity contribution in [3.8, 4) is 0 Å². The summed E-state index contributed by atoms with van der Waals surface area (Å²) in [4.78, 5) is 14.4. The molecule has 5 nitrogen and oxygen atoms in total. The molecule has 0 spiro atoms. The van der Waals surface area contributed by atoms with Gasteiger partial charge >= 0.3 is 0 Å². The van der Waals surface area contributed by atoms with Gasteiger partial charge in [0, 0.05) is 31.7 Å². The summed E-state index contributed by atoms with van der Waals surface area (Å²) in [6.07, 6.45) is 0.535. The van der Waals surface area contributed by atoms with Crippen molar-refractivity contribution in [1.82, 2.24) is 9.21 Å². The van der Waals surface area contributed by atoms with Crippen molar-refractivity contribution in [2.24, 2.45) is 0 Å². The largest absolute Gasteiger partial charge is 0.337 e. The number of benzene rings is 2. The Hall–Kier alpha value is -2.25. The summed E-state index contributed by atoms with van der Waals surface area (Å²) in [5.41, 5.74) is 0.277. The highest BCUT2D eigenvalue weighted by Gasteiger charge is 2.28. The van der Waals surface area contributed by atoms with Gasteiger partial charge in [-0.2, -0.15) is 4.31 Å². The fraction of sp³-hybridized carbons (Fsp3) is 0.278. The second-order valence-corrected chi connectivity index (χ2v) is 7.81. The van der Waals surface area contributed by atoms with E-state index in [4.69, 9.17) is 0 Å². The Labute approximate surface area is 146 Å². The second-order valence-electron chi connectivity index (χ2n) is 5.87. The van der Waals surface area contributed by atoms with Gasteiger partial charge in [0.1, 0.15) is 5.82 Å². The van der Waals surface area contributed by atoms with E-state index in [0.29, 0.717) is 19.5 Å². The molecule has 0 bridgehead atoms. The van der Waals surface area contributed by atoms with Crippen molar-refractivity contribution in [2.75, 3.05) is 26.2 Å². The molecule has 1 aliphatic rings. The lowest BCUT2D eigenvalue weighted by molar-refractivity contribution is 0.0763. The van der Waals surface area contributed by atoms with E-state index in [0.717, 1.165) is 0 Å². The van der Waals surface area contributed by atoms with Gasteiger partial charge < -0.3 is 4.90 Å². The predicted molar refractivity (Wildman–Crippen MR) is 92.1 cm³/mol. The zero-order valence-corrected chi connectivity index (χ0v) is 14.5. The van der Waals surface area contributed by atoms with Crippen LogP contribution in [0.1, 0.15) is 16.8 Å². The van der Waals surface area contributed by atoms with Crippen LogP contribution in [0, 0.1) is 5.82 Å². The maximum absolute atomic E-state index is 13.3. The van der Waals surface area contributed by atoms with Crippen LogP contribution >= 0.6 is 0 Å². The van der Waals surface area contributed by atoms with E-state index in [1.165, 1.54) is 22.5 Å². The van der Waals surface area contributed by atoms with Gasteiger partial charge in [-0.15, -0.1) is 0 Å². The first-order valence-corrected chi connectivity index (χ1v) is 9.52. The standard InChI is InChI=1S/C18H19FN2O3S/c19-16-7-4-6-15(14-16)18(22)20-10-5-11-21(13-12-20)25(23,24)17-8-2-1-3-9-17/h1-4,6-9,14H,5,10-13H2. The molecule has 2 aromatic rings. The van der Waals surface area contributed by atoms with Gasteiger partial charge in [0.15, 0.2) is 0 Å². The summed E-state index contributed by atoms with van der Waals surface area (Å²) in [6.45, 7) is 1.29. The molecule has 2 aromatic carbocycles. The van der Waals surface area contributed by atoms with Crippen molar-refractivity contribution in [3.63, 3.8) is 0 Å². The van der Waals surface area contributed by atoms with Crippen molar-refractivity contribution < 1.29 is 17.6 Å². The Bertz CT molecular complexity index is 856. The smallest absolute Gasteiger partial charge is 0.254 e. The van der Waals surface area contributed by atoms with Crippen molar-refractivity contribution in [1.29, 1.82) is 0 Å². The Balaban J connectivity index is 1.73. The molecule has 0 atom stereocenters. The third kappa shape index (κ3) is 3.88. The average molecular weight is 362 g/mol. The molecular formula is C18H19FN2O3S. The minimum atomic E-state index is -3.57. The van der Waals surface area contributed by atoms with Crippen LogP contribution in [0.15, 0.2) is 59.5 Å². The molecular weight excluding hydrogens is 343 g/mol. The SMILES string of the molecule is O=C(c1cccc(F)c1)N1CCCN(S(=O)(=O)c2ccccc2)CC1. The highest BCUT2D eigenvalue weighted by atomic mass is 32.2. The van der Waals surface area contributed by atoms with E-state index in [-0.39, 0.29) is 29.5 Å². The summed E-state index contributed by atoms with van der Waals surface area (Å²) in [5, 5.41) is 0. The number of carbonyl (C=O) groups excluding carboxylic acids is 1. The van der Waals surface area contributed by atoms with Gasteiger partial charge in [-0.3, -0.25) is 4.79 Å². The fourth-order valence-electron chi connectivity index (χ4n) is 2.88. The van der Waals surface area contributed by atoms with E-state index >= 15 is 0 Å². The highest BCUT2D eigenvalue weighted by Crippen LogP contribution is 2.18. The van der Waals surface area contributed by atoms with Crippen LogP contribution in [0.25, 0.3) is 0 Å². The highest BCUT2D eigenvalue weighted by molar-refractivity contribution is 7.89. The van der Waals surface area contributed by atoms with Crippen LogP contribution in [-0.4, -0.2) is 49.7 Å². The Morgan fingerprint density at radius 1 is 0.920 bits per heavy atom. The average Bonchev–Trinajstić information content (AvgIpc) is 2.88. The van der Waals surface area contributed by atoms with Crippen LogP contribution in [0.2, 0.25) is 0 Å². The van der Waals surface area contributed by atoms with Crippen LogP contribution in [0.4, 0.5) is 4.39 Å². The molecule has 0 aliphatic carbocycles. The minimum Gasteiger partial charge on any atom is -0.337 e. The third-order valence-electron chi connectivity index (χ3n) is 4.19. The van der Waals surface area contributed by atoms with Gasteiger partial charge in [0.2, 0.25) is 10.0 Å². The van der Waals surface area contributed by atoms with Crippen molar-refractivity contribution in [2.45, 2.75) is 11.3 Å². The molecule has 1 heterocycles. The summed E-state index contributed by atoms with van der Waals surface area (Å²) in [7, 11) is -3.57. The molecule has 0 unspecified atom stereocenters. The molecule has 0 aromatic heterocycles. The molecule has 0 saturated carbocycles. The molecule has 3 rings (SSSR count). The van der Waals surface area contributed by atoms with E-state index < -0.39 is 15.8 Å². The van der Waals surface area contributed by atoms with Crippen LogP contribution in [0.5, 0.6) is 0 Å². The van der Waals surface area contributed by atoms with Crippen LogP contribution < -0.4 is 0 Å². The first kappa shape index (κ1) is 17.6. The monoisotopic (exact) mass is 362 g/mol. The van der Waals surface area contributed by atoms with Crippen molar-refractivity contribution in [3.05, 3.63) is 66.0 Å². The zero-order valence-electron chi connectivity index (χ0n) is 13.6. The molecule has 132 valence electrons. The lowest BCUT2D eigenvalue weighted by atomic mass is 10.2. The molecule has 1 fully saturated rings. The lowest BCUT2D eigenvalue weighted by Gasteiger charge is -2.22. The minimum absolute atomic E-state index is 0.221. The number of nitrogens with zero attached hydrogens (tertiary/aromatic N) is 2. The summed E-state index contributed by atoms with van der Waals surface area (Å²) < 4.78 is 40.1. The van der Waals surface area contributed by atoms with E-state index in [1.54, 1.807) is 41.3 Å². The summed E-state index contributed by atoms with van der Waals surface area (Å²) in [6, 6.07) is 13.8. The van der Waals surface area contributed by atoms with E-state index in [2.05, 4.69) is 0 Å². The maximum Gasteiger partial charge on any atom is 0.254 e. The third-order valence-corrected chi connectivity index (χ3v) is 6.11. The predicted octanol–water partition coefficient (Wildman–Crippen LogP) is 2.36. The van der Waals surface area contributed by atoms with Gasteiger partial charge in [0.05, 0.1) is 4.90 Å². The molecule has 0 radical (unpaired) electrons. The number of halogens is 1. The van der Waals surface area contributed by atoms with E-state index in [1.807, 2.05) is 0 Å². The Morgan fingerprint density at radius 2 is 1.68 bits per heavy atom. The number of sulfonamides is 1. The van der Waals surface area contributed by atoms with Crippen molar-refractivity contribution >= 4 is 15.9 Å². The zero-order chi connectivity index (χ0) is 17.9. The maximum atomic E-state index is 13.3. The molecule has 7 heteroatoms. The molecule has 25 heavy (non-hydrogen) atoms. The Morgan fingerprint density at radius 3 is 2.40 bits per heavy atom. The number of hydrogen-bond acceptors (Lipinski definition) is 3. The number of amides is 1. The topological polar surface area (TPSA) is 57.7 Å². The number of carbonyl (C=O) groups is 1. The van der Waals surface area contributed by atoms with E-state index in [9.17, 15) is 17.6 Å². The fourth-order valence-corrected chi connectivity index (χ4v) is 4.37. The van der Waals surface area contributed by atoms with Gasteiger partial charge in [-0.1, -0.05) is 24.3 Å².